The first-order valence-corrected chi connectivity index (χ1v) is 8.61. The maximum atomic E-state index is 12.1. The van der Waals surface area contributed by atoms with Crippen LogP contribution in [0.1, 0.15) is 23.3 Å². The lowest BCUT2D eigenvalue weighted by Crippen LogP contribution is -2.12. The van der Waals surface area contributed by atoms with Gasteiger partial charge in [0.05, 0.1) is 0 Å². The summed E-state index contributed by atoms with van der Waals surface area (Å²) in [6.45, 7) is 3.98. The normalized spacial score (nSPS) is 10.7. The van der Waals surface area contributed by atoms with Gasteiger partial charge < -0.3 is 9.73 Å². The Balaban J connectivity index is 1.57. The van der Waals surface area contributed by atoms with Crippen molar-refractivity contribution in [2.75, 3.05) is 5.32 Å². The number of rotatable bonds is 5. The van der Waals surface area contributed by atoms with E-state index < -0.39 is 0 Å². The minimum absolute atomic E-state index is 0.0618. The number of nitrogens with one attached hydrogen (secondary N) is 1. The van der Waals surface area contributed by atoms with Crippen LogP contribution in [-0.2, 0) is 11.2 Å². The molecule has 0 unspecified atom stereocenters. The quantitative estimate of drug-likeness (QED) is 0.631. The van der Waals surface area contributed by atoms with Gasteiger partial charge in [-0.15, -0.1) is 0 Å². The second kappa shape index (κ2) is 7.58. The summed E-state index contributed by atoms with van der Waals surface area (Å²) in [5, 5.41) is 3.50. The van der Waals surface area contributed by atoms with Crippen molar-refractivity contribution < 1.29 is 9.21 Å². The molecule has 4 heteroatoms. The first-order valence-electron chi connectivity index (χ1n) is 8.23. The van der Waals surface area contributed by atoms with Crippen molar-refractivity contribution in [3.63, 3.8) is 0 Å². The van der Waals surface area contributed by atoms with Crippen LogP contribution < -0.4 is 5.32 Å². The average Bonchev–Trinajstić information content (AvgIpc) is 3.06. The highest BCUT2D eigenvalue weighted by Crippen LogP contribution is 2.24. The molecule has 1 N–H and O–H groups in total. The number of carbonyl (C=O) groups excluding carboxylic acids is 1. The Morgan fingerprint density at radius 3 is 2.52 bits per heavy atom. The molecule has 3 rings (SSSR count). The first kappa shape index (κ1) is 17.3. The lowest BCUT2D eigenvalue weighted by molar-refractivity contribution is -0.116. The lowest BCUT2D eigenvalue weighted by Gasteiger charge is -2.06. The van der Waals surface area contributed by atoms with Crippen molar-refractivity contribution in [2.45, 2.75) is 26.7 Å². The van der Waals surface area contributed by atoms with Gasteiger partial charge in [0.15, 0.2) is 0 Å². The van der Waals surface area contributed by atoms with Crippen molar-refractivity contribution in [3.05, 3.63) is 76.5 Å². The number of carbonyl (C=O) groups is 1. The lowest BCUT2D eigenvalue weighted by atomic mass is 10.1. The van der Waals surface area contributed by atoms with Crippen LogP contribution in [0.2, 0.25) is 5.02 Å². The summed E-state index contributed by atoms with van der Waals surface area (Å²) in [5.41, 5.74) is 3.94. The van der Waals surface area contributed by atoms with Crippen molar-refractivity contribution in [1.29, 1.82) is 0 Å². The van der Waals surface area contributed by atoms with Crippen LogP contribution in [0.4, 0.5) is 5.69 Å². The molecule has 128 valence electrons. The van der Waals surface area contributed by atoms with Crippen LogP contribution in [0.25, 0.3) is 11.3 Å². The van der Waals surface area contributed by atoms with E-state index in [-0.39, 0.29) is 5.91 Å². The predicted octanol–water partition coefficient (Wildman–Crippen LogP) is 5.79. The summed E-state index contributed by atoms with van der Waals surface area (Å²) in [5.74, 6) is 1.56. The molecule has 0 radical (unpaired) electrons. The molecule has 1 amide bonds. The third-order valence-electron chi connectivity index (χ3n) is 4.05. The maximum absolute atomic E-state index is 12.1. The maximum Gasteiger partial charge on any atom is 0.224 e. The molecule has 1 heterocycles. The van der Waals surface area contributed by atoms with Crippen LogP contribution >= 0.6 is 11.6 Å². The van der Waals surface area contributed by atoms with Crippen molar-refractivity contribution in [3.8, 4) is 11.3 Å². The molecule has 0 atom stereocenters. The Morgan fingerprint density at radius 1 is 1.04 bits per heavy atom. The molecule has 0 saturated carbocycles. The topological polar surface area (TPSA) is 42.2 Å². The number of benzene rings is 2. The van der Waals surface area contributed by atoms with E-state index in [2.05, 4.69) is 24.4 Å². The summed E-state index contributed by atoms with van der Waals surface area (Å²) in [6.07, 6.45) is 0.906. The van der Waals surface area contributed by atoms with Gasteiger partial charge in [-0.2, -0.15) is 0 Å². The molecule has 0 fully saturated rings. The molecule has 0 aliphatic rings. The van der Waals surface area contributed by atoms with Crippen molar-refractivity contribution >= 4 is 23.2 Å². The molecule has 0 aliphatic carbocycles. The number of furan rings is 1. The van der Waals surface area contributed by atoms with Crippen molar-refractivity contribution in [1.82, 2.24) is 0 Å². The minimum atomic E-state index is -0.0618. The molecule has 25 heavy (non-hydrogen) atoms. The standard InChI is InChI=1S/C21H20ClNO2/c1-14-3-6-16(7-4-14)20-11-9-18(25-20)10-12-21(24)23-17-8-5-15(2)19(22)13-17/h3-9,11,13H,10,12H2,1-2H3,(H,23,24). The van der Waals surface area contributed by atoms with Crippen LogP contribution in [0, 0.1) is 13.8 Å². The zero-order chi connectivity index (χ0) is 17.8. The van der Waals surface area contributed by atoms with Gasteiger partial charge in [-0.1, -0.05) is 47.5 Å². The zero-order valence-corrected chi connectivity index (χ0v) is 15.1. The van der Waals surface area contributed by atoms with E-state index in [1.165, 1.54) is 5.56 Å². The van der Waals surface area contributed by atoms with Gasteiger partial charge in [0.25, 0.3) is 0 Å². The van der Waals surface area contributed by atoms with Gasteiger partial charge >= 0.3 is 0 Å². The van der Waals surface area contributed by atoms with Gasteiger partial charge in [0, 0.05) is 29.1 Å². The second-order valence-corrected chi connectivity index (χ2v) is 6.55. The molecule has 1 aromatic heterocycles. The SMILES string of the molecule is Cc1ccc(-c2ccc(CCC(=O)Nc3ccc(C)c(Cl)c3)o2)cc1. The molecule has 0 bridgehead atoms. The predicted molar refractivity (Wildman–Crippen MR) is 102 cm³/mol. The summed E-state index contributed by atoms with van der Waals surface area (Å²) < 4.78 is 5.84. The summed E-state index contributed by atoms with van der Waals surface area (Å²) >= 11 is 6.07. The van der Waals surface area contributed by atoms with Gasteiger partial charge in [0.2, 0.25) is 5.91 Å². The van der Waals surface area contributed by atoms with E-state index >= 15 is 0 Å². The molecule has 0 aliphatic heterocycles. The highest BCUT2D eigenvalue weighted by atomic mass is 35.5. The fraction of sp³-hybridized carbons (Fsp3) is 0.190. The average molecular weight is 354 g/mol. The molecule has 0 spiro atoms. The highest BCUT2D eigenvalue weighted by Gasteiger charge is 2.08. The van der Waals surface area contributed by atoms with Crippen LogP contribution in [0.5, 0.6) is 0 Å². The number of hydrogen-bond donors (Lipinski definition) is 1. The minimum Gasteiger partial charge on any atom is -0.461 e. The smallest absolute Gasteiger partial charge is 0.224 e. The van der Waals surface area contributed by atoms with E-state index in [9.17, 15) is 4.79 Å². The molecule has 3 aromatic rings. The Hall–Kier alpha value is -2.52. The van der Waals surface area contributed by atoms with E-state index in [1.807, 2.05) is 43.3 Å². The van der Waals surface area contributed by atoms with E-state index in [1.54, 1.807) is 6.07 Å². The van der Waals surface area contributed by atoms with Crippen LogP contribution in [0.15, 0.2) is 59.0 Å². The number of anilines is 1. The Morgan fingerprint density at radius 2 is 1.80 bits per heavy atom. The molecular formula is C21H20ClNO2. The first-order chi connectivity index (χ1) is 12.0. The second-order valence-electron chi connectivity index (χ2n) is 6.14. The fourth-order valence-electron chi connectivity index (χ4n) is 2.52. The van der Waals surface area contributed by atoms with Gasteiger partial charge in [-0.3, -0.25) is 4.79 Å². The summed E-state index contributed by atoms with van der Waals surface area (Å²) in [4.78, 5) is 12.1. The number of halogens is 1. The van der Waals surface area contributed by atoms with E-state index in [4.69, 9.17) is 16.0 Å². The van der Waals surface area contributed by atoms with Crippen molar-refractivity contribution in [2.24, 2.45) is 0 Å². The number of aryl methyl sites for hydroxylation is 3. The van der Waals surface area contributed by atoms with Crippen LogP contribution in [0.3, 0.4) is 0 Å². The summed E-state index contributed by atoms with van der Waals surface area (Å²) in [7, 11) is 0. The monoisotopic (exact) mass is 353 g/mol. The van der Waals surface area contributed by atoms with E-state index in [0.717, 1.165) is 22.6 Å². The third-order valence-corrected chi connectivity index (χ3v) is 4.46. The van der Waals surface area contributed by atoms with E-state index in [0.29, 0.717) is 23.6 Å². The Kier molecular flexibility index (Phi) is 5.25. The Labute approximate surface area is 152 Å². The highest BCUT2D eigenvalue weighted by molar-refractivity contribution is 6.31. The number of amides is 1. The molecular weight excluding hydrogens is 334 g/mol. The Bertz CT molecular complexity index is 881. The third kappa shape index (κ3) is 4.52. The zero-order valence-electron chi connectivity index (χ0n) is 14.3. The largest absolute Gasteiger partial charge is 0.461 e. The summed E-state index contributed by atoms with van der Waals surface area (Å²) in [6, 6.07) is 17.5. The fourth-order valence-corrected chi connectivity index (χ4v) is 2.70. The van der Waals surface area contributed by atoms with Gasteiger partial charge in [0.1, 0.15) is 11.5 Å². The van der Waals surface area contributed by atoms with Crippen LogP contribution in [-0.4, -0.2) is 5.91 Å². The molecule has 0 saturated heterocycles. The molecule has 2 aromatic carbocycles. The molecule has 3 nitrogen and oxygen atoms in total. The van der Waals surface area contributed by atoms with Gasteiger partial charge in [-0.25, -0.2) is 0 Å². The number of hydrogen-bond acceptors (Lipinski definition) is 2. The van der Waals surface area contributed by atoms with Gasteiger partial charge in [-0.05, 0) is 43.7 Å².